The summed E-state index contributed by atoms with van der Waals surface area (Å²) in [5, 5.41) is 0. The van der Waals surface area contributed by atoms with Gasteiger partial charge in [0.25, 0.3) is 0 Å². The Morgan fingerprint density at radius 1 is 1.16 bits per heavy atom. The van der Waals surface area contributed by atoms with Gasteiger partial charge in [-0.3, -0.25) is 4.98 Å². The van der Waals surface area contributed by atoms with Crippen LogP contribution in [0.25, 0.3) is 0 Å². The van der Waals surface area contributed by atoms with Crippen molar-refractivity contribution in [1.82, 2.24) is 9.88 Å². The van der Waals surface area contributed by atoms with Crippen LogP contribution in [0, 0.1) is 0 Å². The van der Waals surface area contributed by atoms with E-state index in [1.807, 2.05) is 36.7 Å². The number of aryl methyl sites for hydroxylation is 1. The number of carbonyl (C=O) groups is 1. The number of para-hydroxylation sites is 1. The highest BCUT2D eigenvalue weighted by Crippen LogP contribution is 2.34. The lowest BCUT2D eigenvalue weighted by molar-refractivity contribution is 0.202. The summed E-state index contributed by atoms with van der Waals surface area (Å²) in [4.78, 5) is 17.7. The average molecular weight is 339 g/mol. The highest BCUT2D eigenvalue weighted by atomic mass is 16.5. The van der Waals surface area contributed by atoms with Gasteiger partial charge in [-0.1, -0.05) is 18.2 Å². The largest absolute Gasteiger partial charge is 0.410 e. The molecule has 1 aromatic carbocycles. The Bertz CT molecular complexity index is 682. The number of primary amides is 1. The third-order valence-corrected chi connectivity index (χ3v) is 4.85. The Morgan fingerprint density at radius 2 is 1.88 bits per heavy atom. The average Bonchev–Trinajstić information content (AvgIpc) is 2.63. The second kappa shape index (κ2) is 8.62. The van der Waals surface area contributed by atoms with Gasteiger partial charge in [-0.2, -0.15) is 0 Å². The van der Waals surface area contributed by atoms with Crippen molar-refractivity contribution in [2.45, 2.75) is 31.6 Å². The number of rotatable bonds is 6. The number of amides is 1. The Hall–Kier alpha value is -2.40. The molecule has 0 unspecified atom stereocenters. The first-order valence-corrected chi connectivity index (χ1v) is 8.90. The number of nitrogens with two attached hydrogens (primary N) is 1. The van der Waals surface area contributed by atoms with Crippen LogP contribution >= 0.6 is 0 Å². The van der Waals surface area contributed by atoms with E-state index in [0.717, 1.165) is 50.9 Å². The van der Waals surface area contributed by atoms with E-state index in [1.54, 1.807) is 0 Å². The third-order valence-electron chi connectivity index (χ3n) is 4.85. The van der Waals surface area contributed by atoms with Crippen molar-refractivity contribution >= 4 is 6.09 Å². The van der Waals surface area contributed by atoms with Gasteiger partial charge in [0, 0.05) is 12.4 Å². The van der Waals surface area contributed by atoms with E-state index in [9.17, 15) is 4.79 Å². The van der Waals surface area contributed by atoms with Crippen LogP contribution < -0.4 is 10.5 Å². The monoisotopic (exact) mass is 339 g/mol. The van der Waals surface area contributed by atoms with Gasteiger partial charge in [-0.25, -0.2) is 4.79 Å². The maximum Gasteiger partial charge on any atom is 0.409 e. The number of ether oxygens (including phenoxy) is 1. The fraction of sp³-hybridized carbons (Fsp3) is 0.400. The van der Waals surface area contributed by atoms with Crippen molar-refractivity contribution in [3.05, 3.63) is 59.9 Å². The van der Waals surface area contributed by atoms with Crippen molar-refractivity contribution in [1.29, 1.82) is 0 Å². The summed E-state index contributed by atoms with van der Waals surface area (Å²) in [7, 11) is 0. The first-order valence-electron chi connectivity index (χ1n) is 8.90. The second-order valence-electron chi connectivity index (χ2n) is 6.53. The molecule has 2 aromatic rings. The van der Waals surface area contributed by atoms with Crippen molar-refractivity contribution in [2.24, 2.45) is 5.73 Å². The Labute approximate surface area is 148 Å². The number of piperidine rings is 1. The predicted octanol–water partition coefficient (Wildman–Crippen LogP) is 3.35. The minimum absolute atomic E-state index is 0.423. The van der Waals surface area contributed by atoms with Crippen LogP contribution in [0.3, 0.4) is 0 Å². The van der Waals surface area contributed by atoms with E-state index < -0.39 is 6.09 Å². The van der Waals surface area contributed by atoms with Gasteiger partial charge in [0.2, 0.25) is 0 Å². The lowest BCUT2D eigenvalue weighted by Gasteiger charge is -2.32. The SMILES string of the molecule is NC(=O)Oc1ccccc1C1CCN(CCCc2ccncc2)CC1. The maximum atomic E-state index is 11.1. The van der Waals surface area contributed by atoms with Gasteiger partial charge < -0.3 is 15.4 Å². The molecule has 5 nitrogen and oxygen atoms in total. The molecular weight excluding hydrogens is 314 g/mol. The van der Waals surface area contributed by atoms with Crippen LogP contribution in [0.4, 0.5) is 4.79 Å². The van der Waals surface area contributed by atoms with Crippen molar-refractivity contribution < 1.29 is 9.53 Å². The number of carbonyl (C=O) groups excluding carboxylic acids is 1. The molecule has 25 heavy (non-hydrogen) atoms. The van der Waals surface area contributed by atoms with Crippen LogP contribution in [-0.4, -0.2) is 35.6 Å². The Morgan fingerprint density at radius 3 is 2.60 bits per heavy atom. The van der Waals surface area contributed by atoms with Crippen LogP contribution in [0.2, 0.25) is 0 Å². The number of aromatic nitrogens is 1. The number of hydrogen-bond acceptors (Lipinski definition) is 4. The summed E-state index contributed by atoms with van der Waals surface area (Å²) >= 11 is 0. The van der Waals surface area contributed by atoms with E-state index in [4.69, 9.17) is 10.5 Å². The summed E-state index contributed by atoms with van der Waals surface area (Å²) in [5.74, 6) is 1.03. The zero-order chi connectivity index (χ0) is 17.5. The minimum atomic E-state index is -0.749. The molecule has 1 aliphatic rings. The predicted molar refractivity (Wildman–Crippen MR) is 97.6 cm³/mol. The first-order chi connectivity index (χ1) is 12.2. The van der Waals surface area contributed by atoms with Crippen LogP contribution in [0.15, 0.2) is 48.8 Å². The van der Waals surface area contributed by atoms with Gasteiger partial charge in [-0.05, 0) is 80.6 Å². The molecule has 1 fully saturated rings. The molecule has 1 aromatic heterocycles. The zero-order valence-corrected chi connectivity index (χ0v) is 14.4. The standard InChI is InChI=1S/C20H25N3O2/c21-20(24)25-19-6-2-1-5-18(19)17-9-14-23(15-10-17)13-3-4-16-7-11-22-12-8-16/h1-2,5-8,11-12,17H,3-4,9-10,13-15H2,(H2,21,24). The minimum Gasteiger partial charge on any atom is -0.410 e. The first kappa shape index (κ1) is 17.4. The lowest BCUT2D eigenvalue weighted by atomic mass is 9.88. The van der Waals surface area contributed by atoms with Crippen LogP contribution in [0.1, 0.15) is 36.3 Å². The van der Waals surface area contributed by atoms with Gasteiger partial charge in [0.1, 0.15) is 5.75 Å². The molecule has 3 rings (SSSR count). The molecule has 0 bridgehead atoms. The van der Waals surface area contributed by atoms with Crippen molar-refractivity contribution in [3.8, 4) is 5.75 Å². The fourth-order valence-electron chi connectivity index (χ4n) is 3.54. The van der Waals surface area contributed by atoms with Gasteiger partial charge >= 0.3 is 6.09 Å². The highest BCUT2D eigenvalue weighted by molar-refractivity contribution is 5.68. The summed E-state index contributed by atoms with van der Waals surface area (Å²) in [5.41, 5.74) is 7.62. The number of likely N-dealkylation sites (tertiary alicyclic amines) is 1. The second-order valence-corrected chi connectivity index (χ2v) is 6.53. The number of nitrogens with zero attached hydrogens (tertiary/aromatic N) is 2. The van der Waals surface area contributed by atoms with E-state index >= 15 is 0 Å². The summed E-state index contributed by atoms with van der Waals surface area (Å²) in [6.07, 6.45) is 7.37. The molecule has 0 aliphatic carbocycles. The molecule has 2 N–H and O–H groups in total. The number of benzene rings is 1. The lowest BCUT2D eigenvalue weighted by Crippen LogP contribution is -2.34. The Kier molecular flexibility index (Phi) is 6.01. The molecule has 1 saturated heterocycles. The highest BCUT2D eigenvalue weighted by Gasteiger charge is 2.23. The molecule has 5 heteroatoms. The van der Waals surface area contributed by atoms with Crippen LogP contribution in [-0.2, 0) is 6.42 Å². The molecule has 1 aliphatic heterocycles. The van der Waals surface area contributed by atoms with E-state index in [1.165, 1.54) is 5.56 Å². The fourth-order valence-corrected chi connectivity index (χ4v) is 3.54. The maximum absolute atomic E-state index is 11.1. The quantitative estimate of drug-likeness (QED) is 0.876. The molecule has 1 amide bonds. The summed E-state index contributed by atoms with van der Waals surface area (Å²) in [6.45, 7) is 3.27. The number of pyridine rings is 1. The van der Waals surface area contributed by atoms with E-state index in [2.05, 4.69) is 22.0 Å². The van der Waals surface area contributed by atoms with Gasteiger partial charge in [0.15, 0.2) is 0 Å². The van der Waals surface area contributed by atoms with Gasteiger partial charge in [-0.15, -0.1) is 0 Å². The molecule has 132 valence electrons. The van der Waals surface area contributed by atoms with Crippen LogP contribution in [0.5, 0.6) is 5.75 Å². The normalized spacial score (nSPS) is 15.8. The molecule has 0 radical (unpaired) electrons. The molecule has 2 heterocycles. The molecule has 0 saturated carbocycles. The summed E-state index contributed by atoms with van der Waals surface area (Å²) in [6, 6.07) is 11.9. The number of hydrogen-bond donors (Lipinski definition) is 1. The Balaban J connectivity index is 1.48. The zero-order valence-electron chi connectivity index (χ0n) is 14.4. The third kappa shape index (κ3) is 5.03. The van der Waals surface area contributed by atoms with E-state index in [0.29, 0.717) is 11.7 Å². The topological polar surface area (TPSA) is 68.5 Å². The molecular formula is C20H25N3O2. The van der Waals surface area contributed by atoms with Gasteiger partial charge in [0.05, 0.1) is 0 Å². The van der Waals surface area contributed by atoms with E-state index in [-0.39, 0.29) is 0 Å². The molecule has 0 spiro atoms. The molecule has 0 atom stereocenters. The van der Waals surface area contributed by atoms with Crippen molar-refractivity contribution in [3.63, 3.8) is 0 Å². The van der Waals surface area contributed by atoms with Crippen molar-refractivity contribution in [2.75, 3.05) is 19.6 Å². The summed E-state index contributed by atoms with van der Waals surface area (Å²) < 4.78 is 5.16. The smallest absolute Gasteiger partial charge is 0.409 e.